The van der Waals surface area contributed by atoms with Gasteiger partial charge in [0.05, 0.1) is 12.7 Å². The number of aromatic nitrogens is 2. The van der Waals surface area contributed by atoms with Crippen molar-refractivity contribution in [3.8, 4) is 11.4 Å². The summed E-state index contributed by atoms with van der Waals surface area (Å²) in [6.45, 7) is 4.83. The van der Waals surface area contributed by atoms with Crippen molar-refractivity contribution in [3.63, 3.8) is 0 Å². The molecule has 0 bridgehead atoms. The Morgan fingerprint density at radius 1 is 1.29 bits per heavy atom. The minimum absolute atomic E-state index is 0.0780. The van der Waals surface area contributed by atoms with Crippen LogP contribution in [0.15, 0.2) is 36.4 Å². The fraction of sp³-hybridized carbons (Fsp3) is 0.375. The van der Waals surface area contributed by atoms with Gasteiger partial charge in [-0.05, 0) is 6.92 Å². The number of morpholine rings is 1. The molecule has 1 aromatic carbocycles. The number of nitrogens with zero attached hydrogens (tertiary/aromatic N) is 3. The van der Waals surface area contributed by atoms with Crippen LogP contribution in [0.2, 0.25) is 0 Å². The maximum atomic E-state index is 5.71. The number of benzene rings is 1. The second-order valence-electron chi connectivity index (χ2n) is 5.23. The molecule has 0 aliphatic carbocycles. The average Bonchev–Trinajstić information content (AvgIpc) is 2.55. The third kappa shape index (κ3) is 3.20. The first kappa shape index (κ1) is 14.0. The third-order valence-electron chi connectivity index (χ3n) is 3.60. The van der Waals surface area contributed by atoms with Gasteiger partial charge in [0.15, 0.2) is 5.82 Å². The Morgan fingerprint density at radius 3 is 2.86 bits per heavy atom. The zero-order valence-electron chi connectivity index (χ0n) is 12.2. The highest BCUT2D eigenvalue weighted by Gasteiger charge is 2.21. The minimum Gasteiger partial charge on any atom is -0.373 e. The van der Waals surface area contributed by atoms with Gasteiger partial charge in [0.1, 0.15) is 5.82 Å². The van der Waals surface area contributed by atoms with Crippen molar-refractivity contribution in [3.05, 3.63) is 42.1 Å². The molecule has 3 rings (SSSR count). The molecule has 0 radical (unpaired) electrons. The number of hydrogen-bond donors (Lipinski definition) is 1. The first-order valence-corrected chi connectivity index (χ1v) is 7.24. The van der Waals surface area contributed by atoms with Gasteiger partial charge in [0.2, 0.25) is 0 Å². The molecule has 1 fully saturated rings. The molecule has 1 saturated heterocycles. The second-order valence-corrected chi connectivity index (χ2v) is 5.23. The molecule has 0 spiro atoms. The van der Waals surface area contributed by atoms with Crippen LogP contribution in [0.5, 0.6) is 0 Å². The highest BCUT2D eigenvalue weighted by molar-refractivity contribution is 5.57. The monoisotopic (exact) mass is 284 g/mol. The second kappa shape index (κ2) is 6.20. The number of ether oxygens (including phenoxy) is 1. The van der Waals surface area contributed by atoms with E-state index in [0.29, 0.717) is 13.2 Å². The Hall–Kier alpha value is -1.98. The summed E-state index contributed by atoms with van der Waals surface area (Å²) < 4.78 is 5.61. The summed E-state index contributed by atoms with van der Waals surface area (Å²) in [5, 5.41) is 0. The van der Waals surface area contributed by atoms with Crippen LogP contribution in [-0.2, 0) is 4.74 Å². The Balaban J connectivity index is 1.91. The summed E-state index contributed by atoms with van der Waals surface area (Å²) in [4.78, 5) is 11.5. The molecule has 0 saturated carbocycles. The van der Waals surface area contributed by atoms with Crippen LogP contribution in [0.25, 0.3) is 11.4 Å². The van der Waals surface area contributed by atoms with Gasteiger partial charge in [-0.15, -0.1) is 0 Å². The van der Waals surface area contributed by atoms with E-state index in [9.17, 15) is 0 Å². The molecule has 2 aromatic rings. The Morgan fingerprint density at radius 2 is 2.10 bits per heavy atom. The topological polar surface area (TPSA) is 64.3 Å². The number of aryl methyl sites for hydroxylation is 1. The zero-order chi connectivity index (χ0) is 14.7. The quantitative estimate of drug-likeness (QED) is 0.928. The van der Waals surface area contributed by atoms with Gasteiger partial charge in [-0.2, -0.15) is 0 Å². The number of rotatable bonds is 3. The van der Waals surface area contributed by atoms with E-state index < -0.39 is 0 Å². The van der Waals surface area contributed by atoms with E-state index in [1.807, 2.05) is 43.3 Å². The van der Waals surface area contributed by atoms with Gasteiger partial charge in [-0.1, -0.05) is 30.3 Å². The van der Waals surface area contributed by atoms with E-state index in [2.05, 4.69) is 9.88 Å². The van der Waals surface area contributed by atoms with Crippen molar-refractivity contribution in [2.75, 3.05) is 31.1 Å². The van der Waals surface area contributed by atoms with E-state index in [4.69, 9.17) is 15.5 Å². The fourth-order valence-electron chi connectivity index (χ4n) is 2.50. The molecule has 1 aliphatic rings. The Labute approximate surface area is 124 Å². The van der Waals surface area contributed by atoms with Gasteiger partial charge < -0.3 is 15.4 Å². The smallest absolute Gasteiger partial charge is 0.161 e. The number of hydrogen-bond acceptors (Lipinski definition) is 5. The normalized spacial score (nSPS) is 18.8. The largest absolute Gasteiger partial charge is 0.373 e. The van der Waals surface area contributed by atoms with Crippen LogP contribution in [0, 0.1) is 6.92 Å². The highest BCUT2D eigenvalue weighted by Crippen LogP contribution is 2.21. The van der Waals surface area contributed by atoms with Crippen LogP contribution >= 0.6 is 0 Å². The van der Waals surface area contributed by atoms with Gasteiger partial charge in [-0.25, -0.2) is 9.97 Å². The van der Waals surface area contributed by atoms with Gasteiger partial charge >= 0.3 is 0 Å². The lowest BCUT2D eigenvalue weighted by molar-refractivity contribution is 0.0463. The van der Waals surface area contributed by atoms with Crippen LogP contribution in [0.4, 0.5) is 5.82 Å². The predicted molar refractivity (Wildman–Crippen MR) is 83.2 cm³/mol. The van der Waals surface area contributed by atoms with Crippen molar-refractivity contribution in [1.29, 1.82) is 0 Å². The summed E-state index contributed by atoms with van der Waals surface area (Å²) >= 11 is 0. The first-order valence-electron chi connectivity index (χ1n) is 7.24. The lowest BCUT2D eigenvalue weighted by atomic mass is 10.2. The van der Waals surface area contributed by atoms with E-state index in [1.165, 1.54) is 0 Å². The maximum Gasteiger partial charge on any atom is 0.161 e. The van der Waals surface area contributed by atoms with Crippen LogP contribution in [-0.4, -0.2) is 42.3 Å². The van der Waals surface area contributed by atoms with E-state index in [0.717, 1.165) is 36.0 Å². The highest BCUT2D eigenvalue weighted by atomic mass is 16.5. The Bertz CT molecular complexity index is 602. The van der Waals surface area contributed by atoms with Gasteiger partial charge in [-0.3, -0.25) is 0 Å². The average molecular weight is 284 g/mol. The zero-order valence-corrected chi connectivity index (χ0v) is 12.2. The van der Waals surface area contributed by atoms with Crippen molar-refractivity contribution >= 4 is 5.82 Å². The van der Waals surface area contributed by atoms with E-state index in [1.54, 1.807) is 0 Å². The molecule has 2 N–H and O–H groups in total. The Kier molecular flexibility index (Phi) is 4.13. The molecule has 1 atom stereocenters. The fourth-order valence-corrected chi connectivity index (χ4v) is 2.50. The molecular formula is C16H20N4O. The van der Waals surface area contributed by atoms with Crippen LogP contribution < -0.4 is 10.6 Å². The lowest BCUT2D eigenvalue weighted by Gasteiger charge is -2.33. The number of anilines is 1. The molecule has 0 amide bonds. The SMILES string of the molecule is Cc1cc(N2CCOC(CN)C2)nc(-c2ccccc2)n1. The summed E-state index contributed by atoms with van der Waals surface area (Å²) in [5.74, 6) is 1.71. The first-order chi connectivity index (χ1) is 10.3. The molecule has 110 valence electrons. The van der Waals surface area contributed by atoms with Crippen molar-refractivity contribution < 1.29 is 4.74 Å². The summed E-state index contributed by atoms with van der Waals surface area (Å²) in [5.41, 5.74) is 7.71. The summed E-state index contributed by atoms with van der Waals surface area (Å²) in [6, 6.07) is 12.1. The molecule has 2 heterocycles. The number of nitrogens with two attached hydrogens (primary N) is 1. The maximum absolute atomic E-state index is 5.71. The van der Waals surface area contributed by atoms with Crippen molar-refractivity contribution in [2.24, 2.45) is 5.73 Å². The molecule has 5 nitrogen and oxygen atoms in total. The molecular weight excluding hydrogens is 264 g/mol. The summed E-state index contributed by atoms with van der Waals surface area (Å²) in [6.07, 6.45) is 0.0780. The standard InChI is InChI=1S/C16H20N4O/c1-12-9-15(20-7-8-21-14(10-17)11-20)19-16(18-12)13-5-3-2-4-6-13/h2-6,9,14H,7-8,10-11,17H2,1H3. The van der Waals surface area contributed by atoms with Gasteiger partial charge in [0, 0.05) is 37.0 Å². The van der Waals surface area contributed by atoms with Crippen molar-refractivity contribution in [1.82, 2.24) is 9.97 Å². The molecule has 1 unspecified atom stereocenters. The lowest BCUT2D eigenvalue weighted by Crippen LogP contribution is -2.46. The van der Waals surface area contributed by atoms with Gasteiger partial charge in [0.25, 0.3) is 0 Å². The van der Waals surface area contributed by atoms with Crippen LogP contribution in [0.1, 0.15) is 5.69 Å². The molecule has 1 aliphatic heterocycles. The van der Waals surface area contributed by atoms with Crippen LogP contribution in [0.3, 0.4) is 0 Å². The third-order valence-corrected chi connectivity index (χ3v) is 3.60. The predicted octanol–water partition coefficient (Wildman–Crippen LogP) is 1.62. The minimum atomic E-state index is 0.0780. The summed E-state index contributed by atoms with van der Waals surface area (Å²) in [7, 11) is 0. The van der Waals surface area contributed by atoms with E-state index >= 15 is 0 Å². The molecule has 1 aromatic heterocycles. The van der Waals surface area contributed by atoms with Crippen molar-refractivity contribution in [2.45, 2.75) is 13.0 Å². The molecule has 5 heteroatoms. The van der Waals surface area contributed by atoms with E-state index in [-0.39, 0.29) is 6.10 Å². The molecule has 21 heavy (non-hydrogen) atoms.